The van der Waals surface area contributed by atoms with E-state index in [1.165, 1.54) is 33.6 Å². The molecule has 2 heterocycles. The fourth-order valence-corrected chi connectivity index (χ4v) is 5.02. The van der Waals surface area contributed by atoms with E-state index in [9.17, 15) is 19.5 Å². The number of nitrogens with zero attached hydrogens (tertiary/aromatic N) is 1. The van der Waals surface area contributed by atoms with Crippen molar-refractivity contribution >= 4 is 29.1 Å². The summed E-state index contributed by atoms with van der Waals surface area (Å²) in [5, 5.41) is 11.7. The fraction of sp³-hybridized carbons (Fsp3) is 0.360. The van der Waals surface area contributed by atoms with Gasteiger partial charge in [0.1, 0.15) is 22.1 Å². The number of fused-ring (bicyclic) bond motifs is 1. The van der Waals surface area contributed by atoms with Crippen LogP contribution in [0, 0.1) is 5.92 Å². The number of aliphatic hydroxyl groups excluding tert-OH is 1. The number of halogens is 1. The highest BCUT2D eigenvalue weighted by Crippen LogP contribution is 2.55. The van der Waals surface area contributed by atoms with Crippen LogP contribution in [0.4, 0.5) is 0 Å². The Bertz CT molecular complexity index is 1240. The number of ether oxygens (including phenoxy) is 4. The summed E-state index contributed by atoms with van der Waals surface area (Å²) >= 11 is 6.47. The molecule has 10 heteroatoms. The Morgan fingerprint density at radius 2 is 2.00 bits per heavy atom. The van der Waals surface area contributed by atoms with Crippen LogP contribution < -0.4 is 14.2 Å². The van der Waals surface area contributed by atoms with Gasteiger partial charge in [0.25, 0.3) is 0 Å². The van der Waals surface area contributed by atoms with Crippen molar-refractivity contribution in [3.8, 4) is 17.2 Å². The van der Waals surface area contributed by atoms with Crippen LogP contribution >= 0.6 is 11.6 Å². The first kappa shape index (κ1) is 24.5. The van der Waals surface area contributed by atoms with Crippen molar-refractivity contribution in [2.45, 2.75) is 31.3 Å². The Labute approximate surface area is 206 Å². The normalized spacial score (nSPS) is 22.0. The number of rotatable bonds is 6. The molecule has 0 radical (unpaired) electrons. The maximum Gasteiger partial charge on any atom is 0.306 e. The summed E-state index contributed by atoms with van der Waals surface area (Å²) in [5.41, 5.74) is -1.51. The number of pyridine rings is 1. The quantitative estimate of drug-likeness (QED) is 0.588. The number of hydrogen-bond donors (Lipinski definition) is 1. The first-order valence-corrected chi connectivity index (χ1v) is 11.2. The van der Waals surface area contributed by atoms with E-state index >= 15 is 0 Å². The van der Waals surface area contributed by atoms with Gasteiger partial charge in [0.15, 0.2) is 17.3 Å². The van der Waals surface area contributed by atoms with Crippen LogP contribution in [0.25, 0.3) is 0 Å². The number of allylic oxidation sites excluding steroid dienone is 1. The second-order valence-electron chi connectivity index (χ2n) is 8.38. The number of carbonyl (C=O) groups is 3. The first-order valence-electron chi connectivity index (χ1n) is 10.8. The molecule has 1 aromatic carbocycles. The standard InChI is InChI=1S/C25H24ClNO8/c1-12-8-15(28)19(14(9-18(29)34-4)13-6-5-7-27-11-13)23(30)25(12)24(31)20-16(32-2)10-17(33-3)21(26)22(20)35-25/h5-7,10-12,14,30H,8-9H2,1-4H3/t12-,14-,25+/m1/s1. The van der Waals surface area contributed by atoms with Crippen LogP contribution in [0.15, 0.2) is 41.9 Å². The highest BCUT2D eigenvalue weighted by Gasteiger charge is 2.61. The number of methoxy groups -OCH3 is 3. The van der Waals surface area contributed by atoms with Gasteiger partial charge in [0.05, 0.1) is 27.8 Å². The Kier molecular flexibility index (Phi) is 6.46. The number of aliphatic hydroxyl groups is 1. The van der Waals surface area contributed by atoms with Crippen molar-refractivity contribution in [3.05, 3.63) is 58.1 Å². The van der Waals surface area contributed by atoms with Gasteiger partial charge in [-0.3, -0.25) is 19.4 Å². The SMILES string of the molecule is COC(=O)C[C@@H](C1=C(O)[C@@]2(Oc3c(Cl)c(OC)cc(OC)c3C2=O)[C@H](C)CC1=O)c1cccnc1. The zero-order valence-electron chi connectivity index (χ0n) is 19.6. The lowest BCUT2D eigenvalue weighted by Gasteiger charge is -2.38. The van der Waals surface area contributed by atoms with Crippen molar-refractivity contribution in [1.82, 2.24) is 4.98 Å². The molecule has 0 unspecified atom stereocenters. The molecule has 1 spiro atoms. The average Bonchev–Trinajstić information content (AvgIpc) is 3.17. The van der Waals surface area contributed by atoms with Crippen LogP contribution in [0.1, 0.15) is 41.6 Å². The predicted molar refractivity (Wildman–Crippen MR) is 124 cm³/mol. The maximum absolute atomic E-state index is 13.9. The molecular weight excluding hydrogens is 478 g/mol. The highest BCUT2D eigenvalue weighted by atomic mass is 35.5. The van der Waals surface area contributed by atoms with Crippen molar-refractivity contribution in [3.63, 3.8) is 0 Å². The molecule has 2 aliphatic rings. The van der Waals surface area contributed by atoms with Gasteiger partial charge in [0, 0.05) is 42.3 Å². The molecule has 0 saturated carbocycles. The highest BCUT2D eigenvalue weighted by molar-refractivity contribution is 6.35. The smallest absolute Gasteiger partial charge is 0.306 e. The van der Waals surface area contributed by atoms with Gasteiger partial charge in [-0.15, -0.1) is 0 Å². The molecule has 0 fully saturated rings. The molecule has 0 saturated heterocycles. The van der Waals surface area contributed by atoms with Gasteiger partial charge >= 0.3 is 5.97 Å². The Morgan fingerprint density at radius 3 is 2.60 bits per heavy atom. The lowest BCUT2D eigenvalue weighted by molar-refractivity contribution is -0.140. The molecule has 4 rings (SSSR count). The zero-order chi connectivity index (χ0) is 25.5. The Morgan fingerprint density at radius 1 is 1.29 bits per heavy atom. The Balaban J connectivity index is 1.95. The molecule has 0 amide bonds. The Hall–Kier alpha value is -3.59. The molecule has 2 aromatic rings. The van der Waals surface area contributed by atoms with Crippen LogP contribution in [-0.4, -0.2) is 54.6 Å². The van der Waals surface area contributed by atoms with Crippen LogP contribution in [0.5, 0.6) is 17.2 Å². The number of benzene rings is 1. The zero-order valence-corrected chi connectivity index (χ0v) is 20.3. The molecule has 35 heavy (non-hydrogen) atoms. The topological polar surface area (TPSA) is 121 Å². The van der Waals surface area contributed by atoms with Crippen LogP contribution in [0.2, 0.25) is 5.02 Å². The summed E-state index contributed by atoms with van der Waals surface area (Å²) in [7, 11) is 4.01. The van der Waals surface area contributed by atoms with Crippen LogP contribution in [0.3, 0.4) is 0 Å². The third-order valence-electron chi connectivity index (χ3n) is 6.55. The largest absolute Gasteiger partial charge is 0.507 e. The summed E-state index contributed by atoms with van der Waals surface area (Å²) in [5.74, 6) is -3.50. The van der Waals surface area contributed by atoms with Crippen molar-refractivity contribution in [2.24, 2.45) is 5.92 Å². The fourth-order valence-electron chi connectivity index (χ4n) is 4.76. The lowest BCUT2D eigenvalue weighted by atomic mass is 9.69. The van der Waals surface area contributed by atoms with Gasteiger partial charge in [-0.2, -0.15) is 0 Å². The number of esters is 1. The maximum atomic E-state index is 13.9. The predicted octanol–water partition coefficient (Wildman–Crippen LogP) is 3.83. The van der Waals surface area contributed by atoms with Gasteiger partial charge in [-0.1, -0.05) is 24.6 Å². The second kappa shape index (κ2) is 9.22. The number of Topliss-reactive ketones (excluding diaryl/α,β-unsaturated/α-hetero) is 2. The monoisotopic (exact) mass is 501 g/mol. The molecule has 9 nitrogen and oxygen atoms in total. The second-order valence-corrected chi connectivity index (χ2v) is 8.75. The molecule has 184 valence electrons. The van der Waals surface area contributed by atoms with E-state index in [1.807, 2.05) is 0 Å². The van der Waals surface area contributed by atoms with E-state index < -0.39 is 40.7 Å². The lowest BCUT2D eigenvalue weighted by Crippen LogP contribution is -2.53. The van der Waals surface area contributed by atoms with E-state index in [4.69, 9.17) is 30.5 Å². The van der Waals surface area contributed by atoms with Crippen molar-refractivity contribution in [1.29, 1.82) is 0 Å². The summed E-state index contributed by atoms with van der Waals surface area (Å²) in [6.07, 6.45) is 2.66. The minimum Gasteiger partial charge on any atom is -0.507 e. The third kappa shape index (κ3) is 3.70. The minimum atomic E-state index is -1.94. The number of aromatic nitrogens is 1. The van der Waals surface area contributed by atoms with Gasteiger partial charge in [-0.25, -0.2) is 0 Å². The number of hydrogen-bond acceptors (Lipinski definition) is 9. The van der Waals surface area contributed by atoms with Gasteiger partial charge < -0.3 is 24.1 Å². The van der Waals surface area contributed by atoms with Crippen molar-refractivity contribution in [2.75, 3.05) is 21.3 Å². The number of ketones is 2. The molecule has 0 bridgehead atoms. The van der Waals surface area contributed by atoms with E-state index in [0.717, 1.165) is 0 Å². The summed E-state index contributed by atoms with van der Waals surface area (Å²) in [4.78, 5) is 43.5. The van der Waals surface area contributed by atoms with Gasteiger partial charge in [-0.05, 0) is 11.6 Å². The summed E-state index contributed by atoms with van der Waals surface area (Å²) < 4.78 is 21.6. The van der Waals surface area contributed by atoms with Crippen LogP contribution in [-0.2, 0) is 14.3 Å². The molecule has 1 aromatic heterocycles. The molecule has 1 N–H and O–H groups in total. The molecule has 3 atom stereocenters. The molecule has 1 aliphatic heterocycles. The first-order chi connectivity index (χ1) is 16.7. The summed E-state index contributed by atoms with van der Waals surface area (Å²) in [6, 6.07) is 4.78. The number of carbonyl (C=O) groups excluding carboxylic acids is 3. The summed E-state index contributed by atoms with van der Waals surface area (Å²) in [6.45, 7) is 1.63. The average molecular weight is 502 g/mol. The van der Waals surface area contributed by atoms with Crippen molar-refractivity contribution < 1.29 is 38.4 Å². The molecule has 1 aliphatic carbocycles. The van der Waals surface area contributed by atoms with E-state index in [2.05, 4.69) is 4.98 Å². The van der Waals surface area contributed by atoms with E-state index in [0.29, 0.717) is 5.56 Å². The molecular formula is C25H24ClNO8. The van der Waals surface area contributed by atoms with E-state index in [1.54, 1.807) is 25.3 Å². The van der Waals surface area contributed by atoms with Gasteiger partial charge in [0.2, 0.25) is 11.4 Å². The minimum absolute atomic E-state index is 0.00846. The van der Waals surface area contributed by atoms with E-state index in [-0.39, 0.29) is 46.2 Å². The third-order valence-corrected chi connectivity index (χ3v) is 6.90.